The second kappa shape index (κ2) is 4.16. The van der Waals surface area contributed by atoms with E-state index in [2.05, 4.69) is 5.32 Å². The molecule has 0 spiro atoms. The molecule has 0 radical (unpaired) electrons. The highest BCUT2D eigenvalue weighted by molar-refractivity contribution is 4.78. The highest BCUT2D eigenvalue weighted by Gasteiger charge is 2.08. The van der Waals surface area contributed by atoms with Gasteiger partial charge in [-0.2, -0.15) is 5.26 Å². The third kappa shape index (κ3) is 2.94. The van der Waals surface area contributed by atoms with Crippen molar-refractivity contribution < 1.29 is 0 Å². The van der Waals surface area contributed by atoms with Crippen LogP contribution in [0.1, 0.15) is 13.8 Å². The zero-order valence-corrected chi connectivity index (χ0v) is 5.89. The van der Waals surface area contributed by atoms with Crippen molar-refractivity contribution in [3.63, 3.8) is 0 Å². The summed E-state index contributed by atoms with van der Waals surface area (Å²) in [6.45, 7) is 4.58. The van der Waals surface area contributed by atoms with Crippen LogP contribution >= 0.6 is 0 Å². The molecular formula is C6H13N3. The van der Waals surface area contributed by atoms with Crippen molar-refractivity contribution in [3.05, 3.63) is 0 Å². The van der Waals surface area contributed by atoms with Crippen LogP contribution in [0, 0.1) is 17.4 Å². The first-order chi connectivity index (χ1) is 4.22. The van der Waals surface area contributed by atoms with E-state index in [0.717, 1.165) is 0 Å². The van der Waals surface area contributed by atoms with Crippen LogP contribution in [-0.2, 0) is 0 Å². The van der Waals surface area contributed by atoms with E-state index in [1.807, 2.05) is 20.0 Å². The first kappa shape index (κ1) is 8.25. The standard InChI is InChI=1S/C6H13N3/c1-5(2)6(3-7)9-4-8/h5-6,9H,3,7H2,1-2H3. The largest absolute Gasteiger partial charge is 0.328 e. The van der Waals surface area contributed by atoms with Gasteiger partial charge in [0.2, 0.25) is 0 Å². The Morgan fingerprint density at radius 2 is 2.22 bits per heavy atom. The van der Waals surface area contributed by atoms with Crippen molar-refractivity contribution >= 4 is 0 Å². The van der Waals surface area contributed by atoms with E-state index in [4.69, 9.17) is 11.0 Å². The summed E-state index contributed by atoms with van der Waals surface area (Å²) in [6.07, 6.45) is 1.87. The minimum atomic E-state index is 0.134. The minimum absolute atomic E-state index is 0.134. The number of rotatable bonds is 3. The molecule has 0 amide bonds. The van der Waals surface area contributed by atoms with E-state index in [1.54, 1.807) is 0 Å². The Hall–Kier alpha value is -0.750. The maximum atomic E-state index is 8.20. The summed E-state index contributed by atoms with van der Waals surface area (Å²) in [5, 5.41) is 10.8. The first-order valence-electron chi connectivity index (χ1n) is 3.07. The number of nitriles is 1. The lowest BCUT2D eigenvalue weighted by Gasteiger charge is -2.15. The lowest BCUT2D eigenvalue weighted by atomic mass is 10.1. The van der Waals surface area contributed by atoms with Crippen molar-refractivity contribution in [2.24, 2.45) is 11.7 Å². The topological polar surface area (TPSA) is 61.8 Å². The van der Waals surface area contributed by atoms with Crippen LogP contribution in [-0.4, -0.2) is 12.6 Å². The Labute approximate surface area is 55.8 Å². The molecule has 0 aromatic carbocycles. The summed E-state index contributed by atoms with van der Waals surface area (Å²) < 4.78 is 0. The molecule has 3 nitrogen and oxygen atoms in total. The quantitative estimate of drug-likeness (QED) is 0.415. The van der Waals surface area contributed by atoms with Crippen molar-refractivity contribution in [3.8, 4) is 6.19 Å². The highest BCUT2D eigenvalue weighted by atomic mass is 14.9. The molecule has 0 aromatic rings. The Balaban J connectivity index is 3.57. The molecule has 0 fully saturated rings. The van der Waals surface area contributed by atoms with E-state index >= 15 is 0 Å². The first-order valence-corrected chi connectivity index (χ1v) is 3.07. The fraction of sp³-hybridized carbons (Fsp3) is 0.833. The Bertz CT molecular complexity index is 103. The van der Waals surface area contributed by atoms with E-state index in [1.165, 1.54) is 0 Å². The molecule has 9 heavy (non-hydrogen) atoms. The van der Waals surface area contributed by atoms with Crippen LogP contribution in [0.15, 0.2) is 0 Å². The lowest BCUT2D eigenvalue weighted by molar-refractivity contribution is 0.454. The van der Waals surface area contributed by atoms with E-state index < -0.39 is 0 Å². The summed E-state index contributed by atoms with van der Waals surface area (Å²) in [7, 11) is 0. The molecule has 1 atom stereocenters. The molecule has 3 heteroatoms. The Morgan fingerprint density at radius 1 is 1.67 bits per heavy atom. The maximum absolute atomic E-state index is 8.20. The molecular weight excluding hydrogens is 114 g/mol. The SMILES string of the molecule is CC(C)C(CN)NC#N. The van der Waals surface area contributed by atoms with Crippen LogP contribution in [0.4, 0.5) is 0 Å². The second-order valence-corrected chi connectivity index (χ2v) is 2.34. The zero-order chi connectivity index (χ0) is 7.28. The molecule has 0 aromatic heterocycles. The van der Waals surface area contributed by atoms with Crippen LogP contribution in [0.25, 0.3) is 0 Å². The molecule has 0 bridgehead atoms. The highest BCUT2D eigenvalue weighted by Crippen LogP contribution is 1.97. The molecule has 0 aliphatic carbocycles. The molecule has 0 aliphatic heterocycles. The van der Waals surface area contributed by atoms with Gasteiger partial charge < -0.3 is 11.1 Å². The molecule has 0 aliphatic rings. The van der Waals surface area contributed by atoms with Gasteiger partial charge in [-0.3, -0.25) is 0 Å². The van der Waals surface area contributed by atoms with Crippen molar-refractivity contribution in [2.75, 3.05) is 6.54 Å². The molecule has 0 saturated heterocycles. The van der Waals surface area contributed by atoms with Crippen LogP contribution in [0.5, 0.6) is 0 Å². The fourth-order valence-electron chi connectivity index (χ4n) is 0.581. The fourth-order valence-corrected chi connectivity index (χ4v) is 0.581. The average molecular weight is 127 g/mol. The summed E-state index contributed by atoms with van der Waals surface area (Å²) in [4.78, 5) is 0. The maximum Gasteiger partial charge on any atom is 0.176 e. The number of hydrogen-bond acceptors (Lipinski definition) is 3. The number of hydrogen-bond donors (Lipinski definition) is 2. The molecule has 3 N–H and O–H groups in total. The smallest absolute Gasteiger partial charge is 0.176 e. The van der Waals surface area contributed by atoms with Gasteiger partial charge in [-0.25, -0.2) is 0 Å². The van der Waals surface area contributed by atoms with Crippen molar-refractivity contribution in [2.45, 2.75) is 19.9 Å². The second-order valence-electron chi connectivity index (χ2n) is 2.34. The van der Waals surface area contributed by atoms with Crippen LogP contribution in [0.2, 0.25) is 0 Å². The van der Waals surface area contributed by atoms with Gasteiger partial charge >= 0.3 is 0 Å². The van der Waals surface area contributed by atoms with Gasteiger partial charge in [-0.15, -0.1) is 0 Å². The predicted octanol–water partition coefficient (Wildman–Crippen LogP) is 0.0404. The Kier molecular flexibility index (Phi) is 3.81. The molecule has 0 saturated carbocycles. The summed E-state index contributed by atoms with van der Waals surface area (Å²) in [5.74, 6) is 0.426. The number of nitrogens with two attached hydrogens (primary N) is 1. The number of nitrogens with zero attached hydrogens (tertiary/aromatic N) is 1. The minimum Gasteiger partial charge on any atom is -0.328 e. The lowest BCUT2D eigenvalue weighted by Crippen LogP contribution is -2.37. The van der Waals surface area contributed by atoms with Crippen molar-refractivity contribution in [1.29, 1.82) is 5.26 Å². The third-order valence-electron chi connectivity index (χ3n) is 1.31. The van der Waals surface area contributed by atoms with Gasteiger partial charge in [0.1, 0.15) is 0 Å². The van der Waals surface area contributed by atoms with Gasteiger partial charge in [-0.05, 0) is 5.92 Å². The molecule has 52 valence electrons. The molecule has 1 unspecified atom stereocenters. The third-order valence-corrected chi connectivity index (χ3v) is 1.31. The summed E-state index contributed by atoms with van der Waals surface area (Å²) in [5.41, 5.74) is 5.35. The number of nitrogens with one attached hydrogen (secondary N) is 1. The van der Waals surface area contributed by atoms with Crippen LogP contribution < -0.4 is 11.1 Å². The van der Waals surface area contributed by atoms with Crippen molar-refractivity contribution in [1.82, 2.24) is 5.32 Å². The van der Waals surface area contributed by atoms with E-state index in [9.17, 15) is 0 Å². The zero-order valence-electron chi connectivity index (χ0n) is 5.89. The summed E-state index contributed by atoms with van der Waals surface area (Å²) in [6, 6.07) is 0.134. The van der Waals surface area contributed by atoms with Gasteiger partial charge in [0.15, 0.2) is 6.19 Å². The van der Waals surface area contributed by atoms with Gasteiger partial charge in [-0.1, -0.05) is 13.8 Å². The van der Waals surface area contributed by atoms with Gasteiger partial charge in [0, 0.05) is 6.54 Å². The molecule has 0 rings (SSSR count). The van der Waals surface area contributed by atoms with E-state index in [-0.39, 0.29) is 6.04 Å². The predicted molar refractivity (Wildman–Crippen MR) is 36.4 cm³/mol. The van der Waals surface area contributed by atoms with Gasteiger partial charge in [0.05, 0.1) is 6.04 Å². The van der Waals surface area contributed by atoms with Crippen LogP contribution in [0.3, 0.4) is 0 Å². The summed E-state index contributed by atoms with van der Waals surface area (Å²) >= 11 is 0. The monoisotopic (exact) mass is 127 g/mol. The van der Waals surface area contributed by atoms with Gasteiger partial charge in [0.25, 0.3) is 0 Å². The molecule has 0 heterocycles. The van der Waals surface area contributed by atoms with E-state index in [0.29, 0.717) is 12.5 Å². The normalized spacial score (nSPS) is 12.8. The Morgan fingerprint density at radius 3 is 2.33 bits per heavy atom. The average Bonchev–Trinajstić information content (AvgIpc) is 1.82.